The third-order valence-electron chi connectivity index (χ3n) is 5.64. The highest BCUT2D eigenvalue weighted by Crippen LogP contribution is 2.26. The second-order valence-corrected chi connectivity index (χ2v) is 8.08. The molecular formula is C25H23ClN2O3. The van der Waals surface area contributed by atoms with E-state index >= 15 is 0 Å². The van der Waals surface area contributed by atoms with Crippen molar-refractivity contribution in [2.24, 2.45) is 0 Å². The van der Waals surface area contributed by atoms with E-state index in [1.165, 1.54) is 0 Å². The van der Waals surface area contributed by atoms with Crippen molar-refractivity contribution < 1.29 is 14.7 Å². The molecule has 0 aromatic heterocycles. The van der Waals surface area contributed by atoms with Crippen LogP contribution in [-0.2, 0) is 0 Å². The second kappa shape index (κ2) is 9.23. The minimum atomic E-state index is -0.924. The van der Waals surface area contributed by atoms with Gasteiger partial charge in [0.1, 0.15) is 0 Å². The molecule has 0 atom stereocenters. The lowest BCUT2D eigenvalue weighted by atomic mass is 9.98. The molecule has 0 bridgehead atoms. The predicted octanol–water partition coefficient (Wildman–Crippen LogP) is 5.10. The van der Waals surface area contributed by atoms with Gasteiger partial charge in [-0.25, -0.2) is 4.79 Å². The van der Waals surface area contributed by atoms with Crippen molar-refractivity contribution in [3.05, 3.63) is 88.9 Å². The van der Waals surface area contributed by atoms with Crippen LogP contribution >= 0.6 is 11.6 Å². The number of carboxylic acids is 1. The zero-order valence-corrected chi connectivity index (χ0v) is 17.7. The maximum absolute atomic E-state index is 13.0. The second-order valence-electron chi connectivity index (χ2n) is 7.64. The van der Waals surface area contributed by atoms with Crippen molar-refractivity contribution in [1.82, 2.24) is 5.32 Å². The predicted molar refractivity (Wildman–Crippen MR) is 123 cm³/mol. The molecule has 0 aliphatic carbocycles. The van der Waals surface area contributed by atoms with Gasteiger partial charge in [0.05, 0.1) is 5.56 Å². The van der Waals surface area contributed by atoms with Crippen LogP contribution in [0.15, 0.2) is 72.8 Å². The van der Waals surface area contributed by atoms with E-state index in [1.54, 1.807) is 12.1 Å². The van der Waals surface area contributed by atoms with Crippen LogP contribution in [0.2, 0.25) is 5.02 Å². The van der Waals surface area contributed by atoms with E-state index in [2.05, 4.69) is 10.2 Å². The Kier molecular flexibility index (Phi) is 6.23. The standard InChI is InChI=1S/C25H23ClN2O3/c26-19-9-5-17(6-10-19)22-3-1-2-4-23(22)24(29)27-20-13-15-28(16-14-20)21-11-7-18(8-12-21)25(30)31/h1-12,20H,13-16H2,(H,27,29)(H,30,31). The van der Waals surface area contributed by atoms with E-state index in [1.807, 2.05) is 60.7 Å². The number of carbonyl (C=O) groups excluding carboxylic acids is 1. The molecule has 0 unspecified atom stereocenters. The zero-order valence-electron chi connectivity index (χ0n) is 16.9. The molecule has 3 aromatic rings. The highest BCUT2D eigenvalue weighted by Gasteiger charge is 2.22. The summed E-state index contributed by atoms with van der Waals surface area (Å²) >= 11 is 6.00. The van der Waals surface area contributed by atoms with E-state index in [4.69, 9.17) is 16.7 Å². The van der Waals surface area contributed by atoms with Crippen LogP contribution in [0.3, 0.4) is 0 Å². The molecule has 3 aromatic carbocycles. The Morgan fingerprint density at radius 3 is 2.19 bits per heavy atom. The molecular weight excluding hydrogens is 412 g/mol. The summed E-state index contributed by atoms with van der Waals surface area (Å²) in [6, 6.07) is 22.1. The molecule has 0 saturated carbocycles. The minimum Gasteiger partial charge on any atom is -0.478 e. The highest BCUT2D eigenvalue weighted by molar-refractivity contribution is 6.30. The number of halogens is 1. The quantitative estimate of drug-likeness (QED) is 0.585. The fourth-order valence-corrected chi connectivity index (χ4v) is 4.05. The third kappa shape index (κ3) is 4.89. The molecule has 1 saturated heterocycles. The van der Waals surface area contributed by atoms with Crippen molar-refractivity contribution in [1.29, 1.82) is 0 Å². The van der Waals surface area contributed by atoms with Crippen LogP contribution in [0.25, 0.3) is 11.1 Å². The van der Waals surface area contributed by atoms with Gasteiger partial charge in [0, 0.05) is 35.4 Å². The van der Waals surface area contributed by atoms with Crippen molar-refractivity contribution in [2.75, 3.05) is 18.0 Å². The van der Waals surface area contributed by atoms with Crippen LogP contribution in [0.1, 0.15) is 33.6 Å². The van der Waals surface area contributed by atoms with Gasteiger partial charge in [-0.05, 0) is 66.4 Å². The number of hydrogen-bond donors (Lipinski definition) is 2. The van der Waals surface area contributed by atoms with Crippen molar-refractivity contribution >= 4 is 29.2 Å². The number of rotatable bonds is 5. The lowest BCUT2D eigenvalue weighted by molar-refractivity contribution is 0.0696. The van der Waals surface area contributed by atoms with E-state index in [0.717, 1.165) is 42.7 Å². The number of benzene rings is 3. The summed E-state index contributed by atoms with van der Waals surface area (Å²) in [5.41, 5.74) is 3.77. The number of nitrogens with one attached hydrogen (secondary N) is 1. The van der Waals surface area contributed by atoms with Crippen LogP contribution in [0, 0.1) is 0 Å². The number of carboxylic acid groups (broad SMARTS) is 1. The number of piperidine rings is 1. The number of nitrogens with zero attached hydrogens (tertiary/aromatic N) is 1. The van der Waals surface area contributed by atoms with Gasteiger partial charge >= 0.3 is 5.97 Å². The average Bonchev–Trinajstić information content (AvgIpc) is 2.80. The van der Waals surface area contributed by atoms with Crippen molar-refractivity contribution in [3.8, 4) is 11.1 Å². The smallest absolute Gasteiger partial charge is 0.335 e. The minimum absolute atomic E-state index is 0.0742. The molecule has 1 aliphatic heterocycles. The molecule has 2 N–H and O–H groups in total. The molecule has 4 rings (SSSR count). The van der Waals surface area contributed by atoms with E-state index in [9.17, 15) is 9.59 Å². The van der Waals surface area contributed by atoms with Gasteiger partial charge in [-0.1, -0.05) is 41.9 Å². The molecule has 6 heteroatoms. The lowest BCUT2D eigenvalue weighted by Crippen LogP contribution is -2.44. The molecule has 1 aliphatic rings. The first kappa shape index (κ1) is 20.9. The van der Waals surface area contributed by atoms with Crippen LogP contribution in [-0.4, -0.2) is 36.1 Å². The Hall–Kier alpha value is -3.31. The summed E-state index contributed by atoms with van der Waals surface area (Å²) in [4.78, 5) is 26.3. The van der Waals surface area contributed by atoms with Crippen molar-refractivity contribution in [3.63, 3.8) is 0 Å². The van der Waals surface area contributed by atoms with Gasteiger partial charge in [0.25, 0.3) is 5.91 Å². The highest BCUT2D eigenvalue weighted by atomic mass is 35.5. The fraction of sp³-hybridized carbons (Fsp3) is 0.200. The molecule has 0 radical (unpaired) electrons. The van der Waals surface area contributed by atoms with Gasteiger partial charge < -0.3 is 15.3 Å². The number of anilines is 1. The lowest BCUT2D eigenvalue weighted by Gasteiger charge is -2.34. The largest absolute Gasteiger partial charge is 0.478 e. The molecule has 5 nitrogen and oxygen atoms in total. The maximum Gasteiger partial charge on any atom is 0.335 e. The summed E-state index contributed by atoms with van der Waals surface area (Å²) in [7, 11) is 0. The summed E-state index contributed by atoms with van der Waals surface area (Å²) in [5.74, 6) is -0.998. The molecule has 1 amide bonds. The molecule has 0 spiro atoms. The first-order valence-electron chi connectivity index (χ1n) is 10.3. The number of amides is 1. The summed E-state index contributed by atoms with van der Waals surface area (Å²) in [5, 5.41) is 12.9. The molecule has 31 heavy (non-hydrogen) atoms. The van der Waals surface area contributed by atoms with Gasteiger partial charge in [0.15, 0.2) is 0 Å². The Morgan fingerprint density at radius 2 is 1.55 bits per heavy atom. The van der Waals surface area contributed by atoms with Crippen LogP contribution in [0.4, 0.5) is 5.69 Å². The Bertz CT molecular complexity index is 1070. The van der Waals surface area contributed by atoms with E-state index in [0.29, 0.717) is 10.6 Å². The van der Waals surface area contributed by atoms with E-state index < -0.39 is 5.97 Å². The van der Waals surface area contributed by atoms with Crippen molar-refractivity contribution in [2.45, 2.75) is 18.9 Å². The van der Waals surface area contributed by atoms with Gasteiger partial charge in [-0.2, -0.15) is 0 Å². The van der Waals surface area contributed by atoms with E-state index in [-0.39, 0.29) is 17.5 Å². The van der Waals surface area contributed by atoms with Gasteiger partial charge in [-0.3, -0.25) is 4.79 Å². The number of hydrogen-bond acceptors (Lipinski definition) is 3. The average molecular weight is 435 g/mol. The summed E-state index contributed by atoms with van der Waals surface area (Å²) in [6.07, 6.45) is 1.66. The first-order chi connectivity index (χ1) is 15.0. The fourth-order valence-electron chi connectivity index (χ4n) is 3.92. The van der Waals surface area contributed by atoms with Gasteiger partial charge in [-0.15, -0.1) is 0 Å². The van der Waals surface area contributed by atoms with Crippen LogP contribution in [0.5, 0.6) is 0 Å². The molecule has 158 valence electrons. The monoisotopic (exact) mass is 434 g/mol. The molecule has 1 heterocycles. The Labute approximate surface area is 186 Å². The molecule has 1 fully saturated rings. The maximum atomic E-state index is 13.0. The normalized spacial score (nSPS) is 14.3. The topological polar surface area (TPSA) is 69.6 Å². The summed E-state index contributed by atoms with van der Waals surface area (Å²) in [6.45, 7) is 1.60. The number of aromatic carboxylic acids is 1. The summed E-state index contributed by atoms with van der Waals surface area (Å²) < 4.78 is 0. The van der Waals surface area contributed by atoms with Crippen LogP contribution < -0.4 is 10.2 Å². The SMILES string of the molecule is O=C(O)c1ccc(N2CCC(NC(=O)c3ccccc3-c3ccc(Cl)cc3)CC2)cc1. The Morgan fingerprint density at radius 1 is 0.903 bits per heavy atom. The Balaban J connectivity index is 1.40. The zero-order chi connectivity index (χ0) is 21.8. The third-order valence-corrected chi connectivity index (χ3v) is 5.89. The van der Waals surface area contributed by atoms with Gasteiger partial charge in [0.2, 0.25) is 0 Å². The number of carbonyl (C=O) groups is 2. The first-order valence-corrected chi connectivity index (χ1v) is 10.6.